The molecule has 1 heterocycles. The average molecular weight is 264 g/mol. The van der Waals surface area contributed by atoms with Crippen molar-refractivity contribution in [3.8, 4) is 0 Å². The van der Waals surface area contributed by atoms with Crippen LogP contribution in [0, 0.1) is 0 Å². The highest BCUT2D eigenvalue weighted by atomic mass is 32.1. The number of hydrogen-bond donors (Lipinski definition) is 2. The Morgan fingerprint density at radius 3 is 3.00 bits per heavy atom. The zero-order valence-electron chi connectivity index (χ0n) is 9.71. The first-order chi connectivity index (χ1) is 8.72. The summed E-state index contributed by atoms with van der Waals surface area (Å²) in [6, 6.07) is 7.58. The van der Waals surface area contributed by atoms with Crippen LogP contribution in [0.25, 0.3) is 0 Å². The van der Waals surface area contributed by atoms with E-state index in [-0.39, 0.29) is 5.69 Å². The molecule has 0 spiro atoms. The fourth-order valence-corrected chi connectivity index (χ4v) is 2.22. The number of carboxylic acids is 1. The fraction of sp³-hybridized carbons (Fsp3) is 0.167. The number of thiazole rings is 1. The van der Waals surface area contributed by atoms with E-state index in [9.17, 15) is 4.79 Å². The highest BCUT2D eigenvalue weighted by molar-refractivity contribution is 7.14. The summed E-state index contributed by atoms with van der Waals surface area (Å²) in [5, 5.41) is 12.6. The number of nitrogens with one attached hydrogen (secondary N) is 1. The Kier molecular flexibility index (Phi) is 3.91. The van der Waals surface area contributed by atoms with Crippen molar-refractivity contribution in [2.45, 2.75) is 6.61 Å². The SMILES string of the molecule is COCc1ccccc1Nc1scnc1C(=O)O. The van der Waals surface area contributed by atoms with Gasteiger partial charge >= 0.3 is 5.97 Å². The van der Waals surface area contributed by atoms with Crippen LogP contribution in [0.1, 0.15) is 16.1 Å². The molecule has 5 nitrogen and oxygen atoms in total. The van der Waals surface area contributed by atoms with Gasteiger partial charge in [0, 0.05) is 18.4 Å². The molecular formula is C12H12N2O3S. The zero-order chi connectivity index (χ0) is 13.0. The van der Waals surface area contributed by atoms with Gasteiger partial charge in [-0.3, -0.25) is 0 Å². The molecule has 2 aromatic rings. The minimum atomic E-state index is -1.04. The van der Waals surface area contributed by atoms with Gasteiger partial charge in [-0.2, -0.15) is 0 Å². The highest BCUT2D eigenvalue weighted by Gasteiger charge is 2.14. The van der Waals surface area contributed by atoms with E-state index >= 15 is 0 Å². The van der Waals surface area contributed by atoms with Crippen LogP contribution in [0.4, 0.5) is 10.7 Å². The molecule has 0 atom stereocenters. The maximum absolute atomic E-state index is 11.0. The van der Waals surface area contributed by atoms with Crippen molar-refractivity contribution in [1.29, 1.82) is 0 Å². The lowest BCUT2D eigenvalue weighted by Gasteiger charge is -2.10. The number of benzene rings is 1. The summed E-state index contributed by atoms with van der Waals surface area (Å²) in [5.74, 6) is -1.04. The van der Waals surface area contributed by atoms with Crippen LogP contribution >= 0.6 is 11.3 Å². The van der Waals surface area contributed by atoms with Gasteiger partial charge in [0.2, 0.25) is 0 Å². The number of ether oxygens (including phenoxy) is 1. The number of methoxy groups -OCH3 is 1. The Morgan fingerprint density at radius 1 is 1.50 bits per heavy atom. The fourth-order valence-electron chi connectivity index (χ4n) is 1.53. The first-order valence-corrected chi connectivity index (χ1v) is 6.11. The van der Waals surface area contributed by atoms with Gasteiger partial charge in [-0.05, 0) is 6.07 Å². The van der Waals surface area contributed by atoms with Gasteiger partial charge in [-0.15, -0.1) is 11.3 Å². The van der Waals surface area contributed by atoms with Gasteiger partial charge in [-0.25, -0.2) is 9.78 Å². The number of carboxylic acid groups (broad SMARTS) is 1. The van der Waals surface area contributed by atoms with Crippen LogP contribution in [0.5, 0.6) is 0 Å². The zero-order valence-corrected chi connectivity index (χ0v) is 10.5. The van der Waals surface area contributed by atoms with Crippen molar-refractivity contribution in [2.75, 3.05) is 12.4 Å². The molecule has 0 aliphatic heterocycles. The lowest BCUT2D eigenvalue weighted by molar-refractivity contribution is 0.0692. The Hall–Kier alpha value is -1.92. The smallest absolute Gasteiger partial charge is 0.357 e. The summed E-state index contributed by atoms with van der Waals surface area (Å²) >= 11 is 1.26. The summed E-state index contributed by atoms with van der Waals surface area (Å²) < 4.78 is 5.10. The average Bonchev–Trinajstić information content (AvgIpc) is 2.80. The Bertz CT molecular complexity index is 554. The molecular weight excluding hydrogens is 252 g/mol. The van der Waals surface area contributed by atoms with Gasteiger partial charge in [-0.1, -0.05) is 18.2 Å². The highest BCUT2D eigenvalue weighted by Crippen LogP contribution is 2.27. The molecule has 0 amide bonds. The van der Waals surface area contributed by atoms with Gasteiger partial charge in [0.15, 0.2) is 5.69 Å². The molecule has 18 heavy (non-hydrogen) atoms. The molecule has 2 N–H and O–H groups in total. The molecule has 0 radical (unpaired) electrons. The van der Waals surface area contributed by atoms with Crippen LogP contribution in [-0.2, 0) is 11.3 Å². The molecule has 6 heteroatoms. The van der Waals surface area contributed by atoms with Crippen molar-refractivity contribution in [3.63, 3.8) is 0 Å². The van der Waals surface area contributed by atoms with Gasteiger partial charge in [0.05, 0.1) is 12.1 Å². The normalized spacial score (nSPS) is 10.3. The predicted molar refractivity (Wildman–Crippen MR) is 69.5 cm³/mol. The van der Waals surface area contributed by atoms with E-state index in [1.165, 1.54) is 16.8 Å². The van der Waals surface area contributed by atoms with Crippen molar-refractivity contribution >= 4 is 28.0 Å². The number of aromatic carboxylic acids is 1. The first kappa shape index (κ1) is 12.5. The van der Waals surface area contributed by atoms with E-state index in [1.807, 2.05) is 24.3 Å². The van der Waals surface area contributed by atoms with E-state index in [0.717, 1.165) is 11.3 Å². The Labute approximate surface area is 108 Å². The number of nitrogens with zero attached hydrogens (tertiary/aromatic N) is 1. The molecule has 1 aromatic carbocycles. The molecule has 0 bridgehead atoms. The topological polar surface area (TPSA) is 71.5 Å². The summed E-state index contributed by atoms with van der Waals surface area (Å²) in [5.41, 5.74) is 3.33. The molecule has 2 rings (SSSR count). The van der Waals surface area contributed by atoms with Crippen LogP contribution < -0.4 is 5.32 Å². The monoisotopic (exact) mass is 264 g/mol. The number of anilines is 2. The second kappa shape index (κ2) is 5.61. The van der Waals surface area contributed by atoms with Crippen LogP contribution in [0.3, 0.4) is 0 Å². The van der Waals surface area contributed by atoms with Crippen LogP contribution in [0.15, 0.2) is 29.8 Å². The third-order valence-electron chi connectivity index (χ3n) is 2.34. The van der Waals surface area contributed by atoms with Crippen molar-refractivity contribution in [1.82, 2.24) is 4.98 Å². The minimum absolute atomic E-state index is 0.0345. The van der Waals surface area contributed by atoms with Crippen molar-refractivity contribution < 1.29 is 14.6 Å². The summed E-state index contributed by atoms with van der Waals surface area (Å²) in [7, 11) is 1.62. The standard InChI is InChI=1S/C12H12N2O3S/c1-17-6-8-4-2-3-5-9(8)14-11-10(12(15)16)13-7-18-11/h2-5,7,14H,6H2,1H3,(H,15,16). The number of aromatic nitrogens is 1. The Balaban J connectivity index is 2.28. The van der Waals surface area contributed by atoms with Crippen LogP contribution in [-0.4, -0.2) is 23.2 Å². The number of para-hydroxylation sites is 1. The predicted octanol–water partition coefficient (Wildman–Crippen LogP) is 2.73. The Morgan fingerprint density at radius 2 is 2.28 bits per heavy atom. The molecule has 0 saturated carbocycles. The number of rotatable bonds is 5. The van der Waals surface area contributed by atoms with Crippen LogP contribution in [0.2, 0.25) is 0 Å². The maximum Gasteiger partial charge on any atom is 0.357 e. The largest absolute Gasteiger partial charge is 0.476 e. The molecule has 0 fully saturated rings. The number of carbonyl (C=O) groups is 1. The van der Waals surface area contributed by atoms with Crippen molar-refractivity contribution in [2.24, 2.45) is 0 Å². The molecule has 94 valence electrons. The van der Waals surface area contributed by atoms with Gasteiger partial charge < -0.3 is 15.2 Å². The second-order valence-electron chi connectivity index (χ2n) is 3.55. The summed E-state index contributed by atoms with van der Waals surface area (Å²) in [4.78, 5) is 14.8. The van der Waals surface area contributed by atoms with E-state index in [1.54, 1.807) is 7.11 Å². The van der Waals surface area contributed by atoms with E-state index in [4.69, 9.17) is 9.84 Å². The maximum atomic E-state index is 11.0. The molecule has 0 saturated heterocycles. The first-order valence-electron chi connectivity index (χ1n) is 5.23. The summed E-state index contributed by atoms with van der Waals surface area (Å²) in [6.07, 6.45) is 0. The van der Waals surface area contributed by atoms with Gasteiger partial charge in [0.1, 0.15) is 5.00 Å². The van der Waals surface area contributed by atoms with Gasteiger partial charge in [0.25, 0.3) is 0 Å². The third kappa shape index (κ3) is 2.66. The van der Waals surface area contributed by atoms with E-state index in [0.29, 0.717) is 11.6 Å². The van der Waals surface area contributed by atoms with E-state index < -0.39 is 5.97 Å². The molecule has 0 unspecified atom stereocenters. The summed E-state index contributed by atoms with van der Waals surface area (Å²) in [6.45, 7) is 0.463. The lowest BCUT2D eigenvalue weighted by atomic mass is 10.2. The molecule has 0 aliphatic rings. The van der Waals surface area contributed by atoms with E-state index in [2.05, 4.69) is 10.3 Å². The quantitative estimate of drug-likeness (QED) is 0.868. The second-order valence-corrected chi connectivity index (χ2v) is 4.41. The number of hydrogen-bond acceptors (Lipinski definition) is 5. The van der Waals surface area contributed by atoms with Crippen molar-refractivity contribution in [3.05, 3.63) is 41.0 Å². The molecule has 1 aromatic heterocycles. The lowest BCUT2D eigenvalue weighted by Crippen LogP contribution is -2.02. The third-order valence-corrected chi connectivity index (χ3v) is 3.08. The molecule has 0 aliphatic carbocycles. The minimum Gasteiger partial charge on any atom is -0.476 e.